The minimum atomic E-state index is -0.0374. The first-order valence-electron chi connectivity index (χ1n) is 11.8. The normalized spacial score (nSPS) is 14.8. The van der Waals surface area contributed by atoms with Crippen LogP contribution in [0.5, 0.6) is 28.7 Å². The summed E-state index contributed by atoms with van der Waals surface area (Å²) in [7, 11) is 3.30. The fraction of sp³-hybridized carbons (Fsp3) is 0.357. The minimum Gasteiger partial charge on any atom is -0.493 e. The van der Waals surface area contributed by atoms with E-state index in [1.807, 2.05) is 56.3 Å². The molecule has 1 N–H and O–H groups in total. The Bertz CT molecular complexity index is 1070. The van der Waals surface area contributed by atoms with Crippen LogP contribution in [0.3, 0.4) is 0 Å². The lowest BCUT2D eigenvalue weighted by Crippen LogP contribution is -2.30. The molecule has 6 heteroatoms. The zero-order chi connectivity index (χ0) is 23.9. The Morgan fingerprint density at radius 2 is 1.44 bits per heavy atom. The van der Waals surface area contributed by atoms with Crippen LogP contribution < -0.4 is 29.0 Å². The molecule has 0 spiro atoms. The van der Waals surface area contributed by atoms with E-state index < -0.39 is 0 Å². The monoisotopic (exact) mass is 463 g/mol. The first-order valence-corrected chi connectivity index (χ1v) is 11.8. The average molecular weight is 464 g/mol. The van der Waals surface area contributed by atoms with Gasteiger partial charge in [0.05, 0.1) is 33.5 Å². The molecule has 3 aromatic carbocycles. The van der Waals surface area contributed by atoms with E-state index in [-0.39, 0.29) is 6.04 Å². The van der Waals surface area contributed by atoms with Crippen LogP contribution in [0.2, 0.25) is 0 Å². The first kappa shape index (κ1) is 23.8. The largest absolute Gasteiger partial charge is 0.493 e. The molecule has 1 unspecified atom stereocenters. The number of rotatable bonds is 10. The summed E-state index contributed by atoms with van der Waals surface area (Å²) in [5.74, 6) is 3.42. The molecule has 0 saturated carbocycles. The lowest BCUT2D eigenvalue weighted by molar-refractivity contribution is 0.265. The highest BCUT2D eigenvalue weighted by Gasteiger charge is 2.27. The SMILES string of the molecule is CCOc1cc2c(cc1OCC)C(c1cc(OC)c(OCc3ccccc3)c(OC)c1)NCC2. The Morgan fingerprint density at radius 3 is 2.06 bits per heavy atom. The van der Waals surface area contributed by atoms with Crippen molar-refractivity contribution in [3.63, 3.8) is 0 Å². The Balaban J connectivity index is 1.70. The van der Waals surface area contributed by atoms with Gasteiger partial charge in [-0.1, -0.05) is 30.3 Å². The third-order valence-electron chi connectivity index (χ3n) is 5.90. The summed E-state index contributed by atoms with van der Waals surface area (Å²) in [5.41, 5.74) is 4.53. The van der Waals surface area contributed by atoms with E-state index in [2.05, 4.69) is 17.4 Å². The zero-order valence-electron chi connectivity index (χ0n) is 20.4. The third kappa shape index (κ3) is 5.07. The lowest BCUT2D eigenvalue weighted by atomic mass is 9.89. The highest BCUT2D eigenvalue weighted by atomic mass is 16.5. The topological polar surface area (TPSA) is 58.2 Å². The quantitative estimate of drug-likeness (QED) is 0.439. The molecule has 0 aliphatic carbocycles. The molecule has 0 fully saturated rings. The molecule has 1 atom stereocenters. The van der Waals surface area contributed by atoms with Crippen molar-refractivity contribution in [2.75, 3.05) is 34.0 Å². The number of benzene rings is 3. The summed E-state index contributed by atoms with van der Waals surface area (Å²) in [6.07, 6.45) is 0.921. The molecule has 0 aromatic heterocycles. The van der Waals surface area contributed by atoms with Gasteiger partial charge in [0, 0.05) is 6.54 Å². The van der Waals surface area contributed by atoms with Crippen LogP contribution in [0.15, 0.2) is 54.6 Å². The predicted octanol–water partition coefficient (Wildman–Crippen LogP) is 5.32. The van der Waals surface area contributed by atoms with Crippen LogP contribution in [0.4, 0.5) is 0 Å². The molecule has 0 amide bonds. The maximum atomic E-state index is 6.13. The van der Waals surface area contributed by atoms with Gasteiger partial charge in [-0.3, -0.25) is 0 Å². The molecule has 1 heterocycles. The second-order valence-corrected chi connectivity index (χ2v) is 8.03. The van der Waals surface area contributed by atoms with Crippen molar-refractivity contribution in [1.82, 2.24) is 5.32 Å². The average Bonchev–Trinajstić information content (AvgIpc) is 2.88. The van der Waals surface area contributed by atoms with Gasteiger partial charge in [-0.25, -0.2) is 0 Å². The van der Waals surface area contributed by atoms with Gasteiger partial charge in [0.2, 0.25) is 5.75 Å². The Kier molecular flexibility index (Phi) is 7.80. The van der Waals surface area contributed by atoms with E-state index in [0.29, 0.717) is 37.1 Å². The van der Waals surface area contributed by atoms with Crippen molar-refractivity contribution in [3.8, 4) is 28.7 Å². The van der Waals surface area contributed by atoms with E-state index in [4.69, 9.17) is 23.7 Å². The molecule has 1 aliphatic heterocycles. The highest BCUT2D eigenvalue weighted by Crippen LogP contribution is 2.44. The second kappa shape index (κ2) is 11.2. The summed E-state index contributed by atoms with van der Waals surface area (Å²) < 4.78 is 29.3. The molecule has 3 aromatic rings. The number of fused-ring (bicyclic) bond motifs is 1. The van der Waals surface area contributed by atoms with E-state index in [9.17, 15) is 0 Å². The summed E-state index contributed by atoms with van der Waals surface area (Å²) >= 11 is 0. The Hall–Kier alpha value is -3.38. The molecule has 180 valence electrons. The van der Waals surface area contributed by atoms with Gasteiger partial charge in [0.15, 0.2) is 23.0 Å². The van der Waals surface area contributed by atoms with Crippen molar-refractivity contribution in [1.29, 1.82) is 0 Å². The fourth-order valence-corrected chi connectivity index (χ4v) is 4.34. The van der Waals surface area contributed by atoms with Gasteiger partial charge >= 0.3 is 0 Å². The summed E-state index contributed by atoms with van der Waals surface area (Å²) in [6.45, 7) is 6.42. The van der Waals surface area contributed by atoms with Crippen LogP contribution in [-0.2, 0) is 13.0 Å². The van der Waals surface area contributed by atoms with Crippen LogP contribution in [0, 0.1) is 0 Å². The Morgan fingerprint density at radius 1 is 0.794 bits per heavy atom. The highest BCUT2D eigenvalue weighted by molar-refractivity contribution is 5.58. The van der Waals surface area contributed by atoms with Crippen molar-refractivity contribution in [3.05, 3.63) is 76.9 Å². The van der Waals surface area contributed by atoms with E-state index in [1.54, 1.807) is 14.2 Å². The maximum absolute atomic E-state index is 6.13. The standard InChI is InChI=1S/C28H33NO5/c1-5-32-23-14-20-12-13-29-27(22(20)17-24(23)33-6-2)21-15-25(30-3)28(26(16-21)31-4)34-18-19-10-8-7-9-11-19/h7-11,14-17,27,29H,5-6,12-13,18H2,1-4H3. The smallest absolute Gasteiger partial charge is 0.203 e. The van der Waals surface area contributed by atoms with Crippen LogP contribution in [0.25, 0.3) is 0 Å². The minimum absolute atomic E-state index is 0.0374. The van der Waals surface area contributed by atoms with Crippen molar-refractivity contribution in [2.24, 2.45) is 0 Å². The molecular weight excluding hydrogens is 430 g/mol. The summed E-state index contributed by atoms with van der Waals surface area (Å²) in [5, 5.41) is 3.64. The molecule has 34 heavy (non-hydrogen) atoms. The Labute approximate surface area is 201 Å². The van der Waals surface area contributed by atoms with Gasteiger partial charge in [-0.05, 0) is 66.8 Å². The summed E-state index contributed by atoms with van der Waals surface area (Å²) in [6, 6.07) is 18.3. The number of ether oxygens (including phenoxy) is 5. The summed E-state index contributed by atoms with van der Waals surface area (Å²) in [4.78, 5) is 0. The maximum Gasteiger partial charge on any atom is 0.203 e. The van der Waals surface area contributed by atoms with Gasteiger partial charge < -0.3 is 29.0 Å². The fourth-order valence-electron chi connectivity index (χ4n) is 4.34. The number of hydrogen-bond acceptors (Lipinski definition) is 6. The number of methoxy groups -OCH3 is 2. The van der Waals surface area contributed by atoms with Crippen LogP contribution >= 0.6 is 0 Å². The third-order valence-corrected chi connectivity index (χ3v) is 5.90. The number of hydrogen-bond donors (Lipinski definition) is 1. The molecule has 0 bridgehead atoms. The number of nitrogens with one attached hydrogen (secondary N) is 1. The van der Waals surface area contributed by atoms with Gasteiger partial charge in [0.25, 0.3) is 0 Å². The van der Waals surface area contributed by atoms with E-state index in [0.717, 1.165) is 35.6 Å². The molecule has 6 nitrogen and oxygen atoms in total. The first-order chi connectivity index (χ1) is 16.7. The van der Waals surface area contributed by atoms with E-state index in [1.165, 1.54) is 11.1 Å². The second-order valence-electron chi connectivity index (χ2n) is 8.03. The molecular formula is C28H33NO5. The van der Waals surface area contributed by atoms with Gasteiger partial charge in [0.1, 0.15) is 6.61 Å². The van der Waals surface area contributed by atoms with Gasteiger partial charge in [-0.15, -0.1) is 0 Å². The lowest BCUT2D eigenvalue weighted by Gasteiger charge is -2.29. The molecule has 0 saturated heterocycles. The molecule has 4 rings (SSSR count). The van der Waals surface area contributed by atoms with Gasteiger partial charge in [-0.2, -0.15) is 0 Å². The molecule has 0 radical (unpaired) electrons. The zero-order valence-corrected chi connectivity index (χ0v) is 20.4. The molecule has 1 aliphatic rings. The van der Waals surface area contributed by atoms with E-state index >= 15 is 0 Å². The van der Waals surface area contributed by atoms with Crippen molar-refractivity contribution < 1.29 is 23.7 Å². The predicted molar refractivity (Wildman–Crippen MR) is 133 cm³/mol. The van der Waals surface area contributed by atoms with Crippen LogP contribution in [-0.4, -0.2) is 34.0 Å². The van der Waals surface area contributed by atoms with Crippen molar-refractivity contribution >= 4 is 0 Å². The van der Waals surface area contributed by atoms with Crippen LogP contribution in [0.1, 0.15) is 42.1 Å². The van der Waals surface area contributed by atoms with Crippen molar-refractivity contribution in [2.45, 2.75) is 32.9 Å².